The molecule has 0 spiro atoms. The summed E-state index contributed by atoms with van der Waals surface area (Å²) < 4.78 is 31.4. The van der Waals surface area contributed by atoms with Crippen LogP contribution < -0.4 is 10.1 Å². The van der Waals surface area contributed by atoms with E-state index in [4.69, 9.17) is 4.74 Å². The van der Waals surface area contributed by atoms with Crippen LogP contribution in [0.2, 0.25) is 0 Å². The summed E-state index contributed by atoms with van der Waals surface area (Å²) in [5.74, 6) is -0.253. The van der Waals surface area contributed by atoms with Gasteiger partial charge in [-0.2, -0.15) is 0 Å². The van der Waals surface area contributed by atoms with Crippen LogP contribution in [0.1, 0.15) is 5.56 Å². The molecular formula is C13H12F2N2O. The minimum absolute atomic E-state index is 0.287. The normalized spacial score (nSPS) is 10.2. The molecule has 1 aromatic carbocycles. The highest BCUT2D eigenvalue weighted by atomic mass is 19.1. The van der Waals surface area contributed by atoms with Crippen molar-refractivity contribution in [1.82, 2.24) is 4.98 Å². The Labute approximate surface area is 103 Å². The lowest BCUT2D eigenvalue weighted by atomic mass is 10.2. The molecule has 3 nitrogen and oxygen atoms in total. The molecule has 0 saturated carbocycles. The predicted octanol–water partition coefficient (Wildman–Crippen LogP) is 2.98. The fraction of sp³-hybridized carbons (Fsp3) is 0.154. The van der Waals surface area contributed by atoms with Crippen LogP contribution in [0.25, 0.3) is 0 Å². The molecule has 2 aromatic rings. The highest BCUT2D eigenvalue weighted by molar-refractivity contribution is 5.49. The van der Waals surface area contributed by atoms with E-state index in [2.05, 4.69) is 10.3 Å². The third-order valence-electron chi connectivity index (χ3n) is 2.42. The Kier molecular flexibility index (Phi) is 3.72. The standard InChI is InChI=1S/C13H12F2N2O/c1-18-11-2-3-12(15)13(5-11)17-7-9-4-10(14)8-16-6-9/h2-6,8,17H,7H2,1H3. The van der Waals surface area contributed by atoms with Gasteiger partial charge in [-0.25, -0.2) is 8.78 Å². The molecule has 0 aliphatic carbocycles. The van der Waals surface area contributed by atoms with Crippen LogP contribution >= 0.6 is 0 Å². The van der Waals surface area contributed by atoms with Crippen LogP contribution in [-0.4, -0.2) is 12.1 Å². The number of hydrogen-bond acceptors (Lipinski definition) is 3. The number of pyridine rings is 1. The first-order valence-corrected chi connectivity index (χ1v) is 5.36. The molecule has 1 N–H and O–H groups in total. The van der Waals surface area contributed by atoms with Crippen LogP contribution in [0.15, 0.2) is 36.7 Å². The summed E-state index contributed by atoms with van der Waals surface area (Å²) in [6.45, 7) is 0.287. The van der Waals surface area contributed by atoms with Crippen LogP contribution in [-0.2, 0) is 6.54 Å². The molecule has 0 unspecified atom stereocenters. The first-order valence-electron chi connectivity index (χ1n) is 5.36. The minimum Gasteiger partial charge on any atom is -0.497 e. The van der Waals surface area contributed by atoms with Crippen LogP contribution in [0.5, 0.6) is 5.75 Å². The smallest absolute Gasteiger partial charge is 0.146 e. The lowest BCUT2D eigenvalue weighted by molar-refractivity contribution is 0.414. The van der Waals surface area contributed by atoms with Crippen molar-refractivity contribution in [1.29, 1.82) is 0 Å². The van der Waals surface area contributed by atoms with E-state index in [1.54, 1.807) is 6.07 Å². The monoisotopic (exact) mass is 250 g/mol. The van der Waals surface area contributed by atoms with Gasteiger partial charge in [0.1, 0.15) is 17.4 Å². The van der Waals surface area contributed by atoms with Gasteiger partial charge in [0.25, 0.3) is 0 Å². The maximum absolute atomic E-state index is 13.5. The number of rotatable bonds is 4. The molecule has 0 atom stereocenters. The first-order chi connectivity index (χ1) is 8.69. The number of anilines is 1. The number of benzene rings is 1. The summed E-state index contributed by atoms with van der Waals surface area (Å²) in [4.78, 5) is 3.72. The second-order valence-electron chi connectivity index (χ2n) is 3.71. The maximum atomic E-state index is 13.5. The van der Waals surface area contributed by atoms with Crippen molar-refractivity contribution in [3.05, 3.63) is 53.9 Å². The maximum Gasteiger partial charge on any atom is 0.146 e. The molecule has 0 fully saturated rings. The zero-order valence-corrected chi connectivity index (χ0v) is 9.78. The van der Waals surface area contributed by atoms with Gasteiger partial charge in [0.05, 0.1) is 19.0 Å². The average molecular weight is 250 g/mol. The molecule has 1 heterocycles. The van der Waals surface area contributed by atoms with E-state index >= 15 is 0 Å². The molecule has 0 radical (unpaired) electrons. The van der Waals surface area contributed by atoms with Gasteiger partial charge >= 0.3 is 0 Å². The van der Waals surface area contributed by atoms with E-state index in [-0.39, 0.29) is 12.4 Å². The lowest BCUT2D eigenvalue weighted by Gasteiger charge is -2.09. The van der Waals surface area contributed by atoms with E-state index in [0.717, 1.165) is 6.20 Å². The van der Waals surface area contributed by atoms with Crippen molar-refractivity contribution in [3.63, 3.8) is 0 Å². The third kappa shape index (κ3) is 2.94. The van der Waals surface area contributed by atoms with E-state index < -0.39 is 5.82 Å². The largest absolute Gasteiger partial charge is 0.497 e. The second kappa shape index (κ2) is 5.44. The topological polar surface area (TPSA) is 34.1 Å². The van der Waals surface area contributed by atoms with Crippen LogP contribution in [0.3, 0.4) is 0 Å². The van der Waals surface area contributed by atoms with E-state index in [0.29, 0.717) is 17.0 Å². The molecule has 0 amide bonds. The van der Waals surface area contributed by atoms with Gasteiger partial charge in [-0.1, -0.05) is 0 Å². The molecule has 0 aliphatic heterocycles. The molecule has 1 aromatic heterocycles. The number of hydrogen-bond donors (Lipinski definition) is 1. The minimum atomic E-state index is -0.416. The molecule has 2 rings (SSSR count). The van der Waals surface area contributed by atoms with Gasteiger partial charge in [-0.05, 0) is 23.8 Å². The highest BCUT2D eigenvalue weighted by Crippen LogP contribution is 2.21. The highest BCUT2D eigenvalue weighted by Gasteiger charge is 2.04. The van der Waals surface area contributed by atoms with Gasteiger partial charge in [0.2, 0.25) is 0 Å². The second-order valence-corrected chi connectivity index (χ2v) is 3.71. The molecule has 18 heavy (non-hydrogen) atoms. The van der Waals surface area contributed by atoms with Crippen molar-refractivity contribution >= 4 is 5.69 Å². The molecule has 94 valence electrons. The van der Waals surface area contributed by atoms with Crippen molar-refractivity contribution in [2.45, 2.75) is 6.54 Å². The summed E-state index contributed by atoms with van der Waals surface area (Å²) in [5, 5.41) is 2.87. The summed E-state index contributed by atoms with van der Waals surface area (Å²) in [6.07, 6.45) is 2.64. The summed E-state index contributed by atoms with van der Waals surface area (Å²) in [6, 6.07) is 5.73. The quantitative estimate of drug-likeness (QED) is 0.905. The van der Waals surface area contributed by atoms with Crippen molar-refractivity contribution in [2.75, 3.05) is 12.4 Å². The van der Waals surface area contributed by atoms with Crippen LogP contribution in [0.4, 0.5) is 14.5 Å². The molecular weight excluding hydrogens is 238 g/mol. The Hall–Kier alpha value is -2.17. The number of methoxy groups -OCH3 is 1. The summed E-state index contributed by atoms with van der Waals surface area (Å²) in [7, 11) is 1.51. The SMILES string of the molecule is COc1ccc(F)c(NCc2cncc(F)c2)c1. The number of nitrogens with zero attached hydrogens (tertiary/aromatic N) is 1. The van der Waals surface area contributed by atoms with Gasteiger partial charge in [-0.15, -0.1) is 0 Å². The zero-order valence-electron chi connectivity index (χ0n) is 9.78. The Morgan fingerprint density at radius 1 is 1.22 bits per heavy atom. The third-order valence-corrected chi connectivity index (χ3v) is 2.42. The van der Waals surface area contributed by atoms with Crippen molar-refractivity contribution in [2.24, 2.45) is 0 Å². The van der Waals surface area contributed by atoms with Gasteiger partial charge < -0.3 is 10.1 Å². The summed E-state index contributed by atoms with van der Waals surface area (Å²) in [5.41, 5.74) is 0.941. The number of aromatic nitrogens is 1. The fourth-order valence-electron chi connectivity index (χ4n) is 1.52. The van der Waals surface area contributed by atoms with Crippen molar-refractivity contribution < 1.29 is 13.5 Å². The molecule has 0 saturated heterocycles. The number of ether oxygens (including phenoxy) is 1. The van der Waals surface area contributed by atoms with E-state index in [1.165, 1.54) is 31.5 Å². The lowest BCUT2D eigenvalue weighted by Crippen LogP contribution is -2.02. The Balaban J connectivity index is 2.10. The molecule has 0 bridgehead atoms. The average Bonchev–Trinajstić information content (AvgIpc) is 2.38. The van der Waals surface area contributed by atoms with E-state index in [1.807, 2.05) is 0 Å². The Morgan fingerprint density at radius 3 is 2.78 bits per heavy atom. The van der Waals surface area contributed by atoms with Crippen molar-refractivity contribution in [3.8, 4) is 5.75 Å². The van der Waals surface area contributed by atoms with Gasteiger partial charge in [-0.3, -0.25) is 4.98 Å². The first kappa shape index (κ1) is 12.3. The molecule has 0 aliphatic rings. The molecule has 5 heteroatoms. The Bertz CT molecular complexity index is 546. The Morgan fingerprint density at radius 2 is 2.06 bits per heavy atom. The summed E-state index contributed by atoms with van der Waals surface area (Å²) >= 11 is 0. The number of halogens is 2. The van der Waals surface area contributed by atoms with E-state index in [9.17, 15) is 8.78 Å². The van der Waals surface area contributed by atoms with Gasteiger partial charge in [0.15, 0.2) is 0 Å². The van der Waals surface area contributed by atoms with Gasteiger partial charge in [0, 0.05) is 18.8 Å². The van der Waals surface area contributed by atoms with Crippen LogP contribution in [0, 0.1) is 11.6 Å². The zero-order chi connectivity index (χ0) is 13.0. The predicted molar refractivity (Wildman–Crippen MR) is 64.5 cm³/mol. The number of nitrogens with one attached hydrogen (secondary N) is 1. The fourth-order valence-corrected chi connectivity index (χ4v) is 1.52.